The summed E-state index contributed by atoms with van der Waals surface area (Å²) < 4.78 is 7.05. The van der Waals surface area contributed by atoms with Crippen LogP contribution >= 0.6 is 0 Å². The number of unbranched alkanes of at least 4 members (excludes halogenated alkanes) is 1. The molecule has 4 heteroatoms. The summed E-state index contributed by atoms with van der Waals surface area (Å²) >= 11 is 0. The maximum atomic E-state index is 12.5. The topological polar surface area (TPSA) is 51.5 Å². The highest BCUT2D eigenvalue weighted by Crippen LogP contribution is 2.26. The Morgan fingerprint density at radius 2 is 2.00 bits per heavy atom. The van der Waals surface area contributed by atoms with Gasteiger partial charge in [-0.3, -0.25) is 4.79 Å². The van der Waals surface area contributed by atoms with E-state index in [0.29, 0.717) is 12.1 Å². The third-order valence-electron chi connectivity index (χ3n) is 3.85. The van der Waals surface area contributed by atoms with Gasteiger partial charge in [0.15, 0.2) is 0 Å². The van der Waals surface area contributed by atoms with Gasteiger partial charge in [0.25, 0.3) is 5.56 Å². The van der Waals surface area contributed by atoms with Crippen LogP contribution in [0.4, 0.5) is 0 Å². The summed E-state index contributed by atoms with van der Waals surface area (Å²) in [6, 6.07) is 9.51. The number of methoxy groups -OCH3 is 1. The zero-order valence-electron chi connectivity index (χ0n) is 13.4. The van der Waals surface area contributed by atoms with E-state index >= 15 is 0 Å². The van der Waals surface area contributed by atoms with E-state index < -0.39 is 0 Å². The van der Waals surface area contributed by atoms with E-state index in [2.05, 4.69) is 6.92 Å². The zero-order valence-corrected chi connectivity index (χ0v) is 13.4. The predicted molar refractivity (Wildman–Crippen MR) is 88.3 cm³/mol. The van der Waals surface area contributed by atoms with Crippen LogP contribution in [0.3, 0.4) is 0 Å². The first-order chi connectivity index (χ1) is 10.6. The molecule has 0 aliphatic rings. The Kier molecular flexibility index (Phi) is 5.39. The van der Waals surface area contributed by atoms with Gasteiger partial charge in [-0.05, 0) is 54.8 Å². The second-order valence-electron chi connectivity index (χ2n) is 5.40. The molecule has 0 saturated carbocycles. The van der Waals surface area contributed by atoms with Gasteiger partial charge >= 0.3 is 0 Å². The molecule has 1 aromatic heterocycles. The highest BCUT2D eigenvalue weighted by Gasteiger charge is 2.11. The van der Waals surface area contributed by atoms with Crippen molar-refractivity contribution in [3.63, 3.8) is 0 Å². The third kappa shape index (κ3) is 3.22. The summed E-state index contributed by atoms with van der Waals surface area (Å²) in [6.45, 7) is 4.51. The number of aliphatic hydroxyl groups is 1. The molecule has 1 heterocycles. The van der Waals surface area contributed by atoms with Crippen molar-refractivity contribution in [2.24, 2.45) is 0 Å². The van der Waals surface area contributed by atoms with Crippen molar-refractivity contribution in [1.29, 1.82) is 0 Å². The molecular formula is C18H23NO3. The van der Waals surface area contributed by atoms with Crippen LogP contribution in [-0.2, 0) is 13.2 Å². The van der Waals surface area contributed by atoms with E-state index in [0.717, 1.165) is 35.4 Å². The lowest BCUT2D eigenvalue weighted by atomic mass is 10.1. The Balaban J connectivity index is 2.56. The second-order valence-corrected chi connectivity index (χ2v) is 5.40. The molecule has 0 aliphatic heterocycles. The molecule has 0 unspecified atom stereocenters. The second kappa shape index (κ2) is 7.27. The Morgan fingerprint density at radius 3 is 2.59 bits per heavy atom. The van der Waals surface area contributed by atoms with Gasteiger partial charge in [0.1, 0.15) is 5.75 Å². The zero-order chi connectivity index (χ0) is 16.1. The normalized spacial score (nSPS) is 10.7. The van der Waals surface area contributed by atoms with Crippen LogP contribution in [0, 0.1) is 6.92 Å². The molecule has 2 aromatic rings. The van der Waals surface area contributed by atoms with Crippen molar-refractivity contribution in [2.75, 3.05) is 7.11 Å². The van der Waals surface area contributed by atoms with Crippen molar-refractivity contribution < 1.29 is 9.84 Å². The number of aryl methyl sites for hydroxylation is 1. The Bertz CT molecular complexity index is 704. The summed E-state index contributed by atoms with van der Waals surface area (Å²) in [4.78, 5) is 12.5. The average Bonchev–Trinajstić information content (AvgIpc) is 2.53. The van der Waals surface area contributed by atoms with Crippen LogP contribution in [-0.4, -0.2) is 16.8 Å². The Morgan fingerprint density at radius 1 is 1.23 bits per heavy atom. The molecule has 2 rings (SSSR count). The minimum absolute atomic E-state index is 0.109. The van der Waals surface area contributed by atoms with Crippen molar-refractivity contribution in [1.82, 2.24) is 4.57 Å². The van der Waals surface area contributed by atoms with Crippen LogP contribution in [0.2, 0.25) is 0 Å². The first kappa shape index (κ1) is 16.3. The fourth-order valence-electron chi connectivity index (χ4n) is 2.57. The molecule has 1 aromatic carbocycles. The number of aliphatic hydroxyl groups excluding tert-OH is 1. The van der Waals surface area contributed by atoms with Crippen LogP contribution in [0.1, 0.15) is 30.9 Å². The van der Waals surface area contributed by atoms with E-state index in [4.69, 9.17) is 4.74 Å². The molecule has 4 nitrogen and oxygen atoms in total. The predicted octanol–water partition coefficient (Wildman–Crippen LogP) is 3.12. The van der Waals surface area contributed by atoms with Crippen molar-refractivity contribution in [3.05, 3.63) is 51.8 Å². The SMILES string of the molecule is CCCCn1c(-c2ccc(OC)c(C)c2)ccc(CO)c1=O. The van der Waals surface area contributed by atoms with Gasteiger partial charge in [-0.15, -0.1) is 0 Å². The third-order valence-corrected chi connectivity index (χ3v) is 3.85. The molecule has 0 fully saturated rings. The van der Waals surface area contributed by atoms with E-state index in [1.807, 2.05) is 31.2 Å². The fraction of sp³-hybridized carbons (Fsp3) is 0.389. The number of pyridine rings is 1. The summed E-state index contributed by atoms with van der Waals surface area (Å²) in [7, 11) is 1.65. The van der Waals surface area contributed by atoms with Crippen molar-refractivity contribution >= 4 is 0 Å². The molecule has 1 N–H and O–H groups in total. The average molecular weight is 301 g/mol. The molecule has 0 saturated heterocycles. The molecule has 22 heavy (non-hydrogen) atoms. The van der Waals surface area contributed by atoms with Gasteiger partial charge in [0.2, 0.25) is 0 Å². The monoisotopic (exact) mass is 301 g/mol. The highest BCUT2D eigenvalue weighted by molar-refractivity contribution is 5.62. The van der Waals surface area contributed by atoms with Crippen LogP contribution in [0.25, 0.3) is 11.3 Å². The molecule has 0 amide bonds. The van der Waals surface area contributed by atoms with E-state index in [-0.39, 0.29) is 12.2 Å². The first-order valence-corrected chi connectivity index (χ1v) is 7.61. The number of nitrogens with zero attached hydrogens (tertiary/aromatic N) is 1. The summed E-state index contributed by atoms with van der Waals surface area (Å²) in [6.07, 6.45) is 1.94. The minimum atomic E-state index is -0.229. The minimum Gasteiger partial charge on any atom is -0.496 e. The smallest absolute Gasteiger partial charge is 0.256 e. The van der Waals surface area contributed by atoms with E-state index in [1.54, 1.807) is 17.7 Å². The maximum Gasteiger partial charge on any atom is 0.256 e. The van der Waals surface area contributed by atoms with E-state index in [1.165, 1.54) is 0 Å². The lowest BCUT2D eigenvalue weighted by Crippen LogP contribution is -2.25. The Labute approximate surface area is 131 Å². The van der Waals surface area contributed by atoms with E-state index in [9.17, 15) is 9.90 Å². The summed E-state index contributed by atoms with van der Waals surface area (Å²) in [5, 5.41) is 9.31. The molecule has 0 spiro atoms. The number of ether oxygens (including phenoxy) is 1. The highest BCUT2D eigenvalue weighted by atomic mass is 16.5. The van der Waals surface area contributed by atoms with Gasteiger partial charge in [0, 0.05) is 12.1 Å². The Hall–Kier alpha value is -2.07. The number of hydrogen-bond donors (Lipinski definition) is 1. The number of hydrogen-bond acceptors (Lipinski definition) is 3. The van der Waals surface area contributed by atoms with Crippen LogP contribution in [0.5, 0.6) is 5.75 Å². The number of rotatable bonds is 6. The summed E-state index contributed by atoms with van der Waals surface area (Å²) in [5.41, 5.74) is 3.21. The number of benzene rings is 1. The molecule has 0 atom stereocenters. The van der Waals surface area contributed by atoms with Gasteiger partial charge in [-0.25, -0.2) is 0 Å². The fourth-order valence-corrected chi connectivity index (χ4v) is 2.57. The van der Waals surface area contributed by atoms with Crippen LogP contribution in [0.15, 0.2) is 35.1 Å². The van der Waals surface area contributed by atoms with Gasteiger partial charge in [-0.1, -0.05) is 13.3 Å². The standard InChI is InChI=1S/C18H23NO3/c1-4-5-10-19-16(8-6-15(12-20)18(19)21)14-7-9-17(22-3)13(2)11-14/h6-9,11,20H,4-5,10,12H2,1-3H3. The quantitative estimate of drug-likeness (QED) is 0.892. The first-order valence-electron chi connectivity index (χ1n) is 7.61. The summed E-state index contributed by atoms with van der Waals surface area (Å²) in [5.74, 6) is 0.832. The maximum absolute atomic E-state index is 12.5. The van der Waals surface area contributed by atoms with Crippen molar-refractivity contribution in [2.45, 2.75) is 39.8 Å². The van der Waals surface area contributed by atoms with Gasteiger partial charge in [-0.2, -0.15) is 0 Å². The largest absolute Gasteiger partial charge is 0.496 e. The lowest BCUT2D eigenvalue weighted by Gasteiger charge is -2.15. The van der Waals surface area contributed by atoms with Crippen LogP contribution < -0.4 is 10.3 Å². The lowest BCUT2D eigenvalue weighted by molar-refractivity contribution is 0.279. The molecule has 0 radical (unpaired) electrons. The number of aromatic nitrogens is 1. The molecule has 0 aliphatic carbocycles. The molecular weight excluding hydrogens is 278 g/mol. The van der Waals surface area contributed by atoms with Crippen molar-refractivity contribution in [3.8, 4) is 17.0 Å². The molecule has 0 bridgehead atoms. The van der Waals surface area contributed by atoms with Gasteiger partial charge < -0.3 is 14.4 Å². The molecule has 118 valence electrons. The van der Waals surface area contributed by atoms with Gasteiger partial charge in [0.05, 0.1) is 19.4 Å².